The lowest BCUT2D eigenvalue weighted by molar-refractivity contribution is 0.262. The zero-order chi connectivity index (χ0) is 16.3. The molecule has 2 aromatic rings. The molecule has 1 aromatic heterocycles. The first-order valence-corrected chi connectivity index (χ1v) is 7.06. The Morgan fingerprint density at radius 3 is 2.55 bits per heavy atom. The molecule has 1 aromatic carbocycles. The molecule has 6 nitrogen and oxygen atoms in total. The van der Waals surface area contributed by atoms with E-state index in [0.29, 0.717) is 28.0 Å². The van der Waals surface area contributed by atoms with Crippen LogP contribution in [0.5, 0.6) is 5.75 Å². The maximum atomic E-state index is 11.9. The van der Waals surface area contributed by atoms with Crippen LogP contribution in [-0.2, 0) is 5.41 Å². The standard InChI is InChI=1S/C15H18ClN3O3/c1-15(2,3)12-8-13(19-22-12)18-14(20)17-9-5-6-11(21-4)10(16)7-9/h5-8H,1-4H3,(H2,17,18,19,20). The monoisotopic (exact) mass is 323 g/mol. The molecule has 2 amide bonds. The van der Waals surface area contributed by atoms with Gasteiger partial charge in [0.15, 0.2) is 5.82 Å². The van der Waals surface area contributed by atoms with Crippen LogP contribution in [0.15, 0.2) is 28.8 Å². The highest BCUT2D eigenvalue weighted by atomic mass is 35.5. The number of carbonyl (C=O) groups is 1. The van der Waals surface area contributed by atoms with E-state index >= 15 is 0 Å². The Hall–Kier alpha value is -2.21. The van der Waals surface area contributed by atoms with Gasteiger partial charge in [-0.05, 0) is 18.2 Å². The fraction of sp³-hybridized carbons (Fsp3) is 0.333. The molecule has 0 atom stereocenters. The number of ether oxygens (including phenoxy) is 1. The molecule has 0 bridgehead atoms. The van der Waals surface area contributed by atoms with Crippen LogP contribution < -0.4 is 15.4 Å². The van der Waals surface area contributed by atoms with Crippen LogP contribution >= 0.6 is 11.6 Å². The number of anilines is 2. The number of urea groups is 1. The molecular formula is C15H18ClN3O3. The summed E-state index contributed by atoms with van der Waals surface area (Å²) in [5, 5.41) is 9.49. The molecule has 0 aliphatic heterocycles. The number of amides is 2. The van der Waals surface area contributed by atoms with Gasteiger partial charge in [-0.3, -0.25) is 5.32 Å². The summed E-state index contributed by atoms with van der Waals surface area (Å²) in [6.45, 7) is 5.99. The Morgan fingerprint density at radius 2 is 2.00 bits per heavy atom. The summed E-state index contributed by atoms with van der Waals surface area (Å²) in [5.74, 6) is 1.58. The normalized spacial score (nSPS) is 11.1. The van der Waals surface area contributed by atoms with Crippen molar-refractivity contribution in [1.29, 1.82) is 0 Å². The van der Waals surface area contributed by atoms with E-state index in [1.54, 1.807) is 24.3 Å². The highest BCUT2D eigenvalue weighted by molar-refractivity contribution is 6.32. The van der Waals surface area contributed by atoms with E-state index in [2.05, 4.69) is 15.8 Å². The molecule has 0 saturated heterocycles. The molecule has 2 N–H and O–H groups in total. The first-order chi connectivity index (χ1) is 10.3. The molecule has 0 saturated carbocycles. The van der Waals surface area contributed by atoms with E-state index < -0.39 is 6.03 Å². The minimum absolute atomic E-state index is 0.174. The Bertz CT molecular complexity index is 677. The maximum Gasteiger partial charge on any atom is 0.324 e. The van der Waals surface area contributed by atoms with Gasteiger partial charge in [-0.1, -0.05) is 37.5 Å². The summed E-state index contributed by atoms with van der Waals surface area (Å²) in [6.07, 6.45) is 0. The van der Waals surface area contributed by atoms with Crippen LogP contribution in [0.25, 0.3) is 0 Å². The number of halogens is 1. The Balaban J connectivity index is 2.01. The molecule has 0 spiro atoms. The molecule has 0 fully saturated rings. The highest BCUT2D eigenvalue weighted by Gasteiger charge is 2.20. The molecule has 0 unspecified atom stereocenters. The lowest BCUT2D eigenvalue weighted by Gasteiger charge is -2.12. The van der Waals surface area contributed by atoms with Crippen molar-refractivity contribution in [2.24, 2.45) is 0 Å². The van der Waals surface area contributed by atoms with Crippen LogP contribution in [0.1, 0.15) is 26.5 Å². The van der Waals surface area contributed by atoms with Crippen molar-refractivity contribution in [3.05, 3.63) is 35.0 Å². The van der Waals surface area contributed by atoms with E-state index in [1.165, 1.54) is 7.11 Å². The number of benzene rings is 1. The van der Waals surface area contributed by atoms with Crippen molar-refractivity contribution in [1.82, 2.24) is 5.16 Å². The molecule has 0 aliphatic rings. The summed E-state index contributed by atoms with van der Waals surface area (Å²) in [6, 6.07) is 6.22. The van der Waals surface area contributed by atoms with Crippen LogP contribution in [0.3, 0.4) is 0 Å². The maximum absolute atomic E-state index is 11.9. The lowest BCUT2D eigenvalue weighted by Crippen LogP contribution is -2.19. The van der Waals surface area contributed by atoms with Crippen LogP contribution in [0.2, 0.25) is 5.02 Å². The van der Waals surface area contributed by atoms with Crippen molar-refractivity contribution in [3.63, 3.8) is 0 Å². The number of methoxy groups -OCH3 is 1. The third-order valence-electron chi connectivity index (χ3n) is 2.90. The smallest absolute Gasteiger partial charge is 0.324 e. The average Bonchev–Trinajstić information content (AvgIpc) is 2.87. The molecule has 7 heteroatoms. The molecule has 2 rings (SSSR count). The summed E-state index contributed by atoms with van der Waals surface area (Å²) in [5.41, 5.74) is 0.371. The highest BCUT2D eigenvalue weighted by Crippen LogP contribution is 2.27. The first kappa shape index (κ1) is 16.2. The van der Waals surface area contributed by atoms with Crippen LogP contribution in [0.4, 0.5) is 16.3 Å². The fourth-order valence-electron chi connectivity index (χ4n) is 1.71. The topological polar surface area (TPSA) is 76.4 Å². The minimum atomic E-state index is -0.435. The second kappa shape index (κ2) is 6.27. The van der Waals surface area contributed by atoms with Crippen molar-refractivity contribution < 1.29 is 14.1 Å². The van der Waals surface area contributed by atoms with Crippen molar-refractivity contribution >= 4 is 29.1 Å². The summed E-state index contributed by atoms with van der Waals surface area (Å²) in [4.78, 5) is 11.9. The SMILES string of the molecule is COc1ccc(NC(=O)Nc2cc(C(C)(C)C)on2)cc1Cl. The number of hydrogen-bond acceptors (Lipinski definition) is 4. The van der Waals surface area contributed by atoms with E-state index in [0.717, 1.165) is 0 Å². The molecule has 0 aliphatic carbocycles. The fourth-order valence-corrected chi connectivity index (χ4v) is 1.97. The van der Waals surface area contributed by atoms with Gasteiger partial charge in [-0.15, -0.1) is 0 Å². The average molecular weight is 324 g/mol. The third-order valence-corrected chi connectivity index (χ3v) is 3.20. The van der Waals surface area contributed by atoms with Crippen molar-refractivity contribution in [2.45, 2.75) is 26.2 Å². The molecule has 0 radical (unpaired) electrons. The number of nitrogens with zero attached hydrogens (tertiary/aromatic N) is 1. The number of aromatic nitrogens is 1. The Labute approximate surface area is 133 Å². The van der Waals surface area contributed by atoms with Gasteiger partial charge in [0.1, 0.15) is 11.5 Å². The van der Waals surface area contributed by atoms with Gasteiger partial charge in [0.2, 0.25) is 0 Å². The van der Waals surface area contributed by atoms with Crippen LogP contribution in [-0.4, -0.2) is 18.3 Å². The molecule has 22 heavy (non-hydrogen) atoms. The van der Waals surface area contributed by atoms with Gasteiger partial charge in [-0.2, -0.15) is 0 Å². The lowest BCUT2D eigenvalue weighted by atomic mass is 9.93. The van der Waals surface area contributed by atoms with Gasteiger partial charge < -0.3 is 14.6 Å². The number of rotatable bonds is 3. The Kier molecular flexibility index (Phi) is 4.61. The molecule has 1 heterocycles. The quantitative estimate of drug-likeness (QED) is 0.884. The first-order valence-electron chi connectivity index (χ1n) is 6.68. The van der Waals surface area contributed by atoms with Gasteiger partial charge in [0.25, 0.3) is 0 Å². The van der Waals surface area contributed by atoms with Gasteiger partial charge >= 0.3 is 6.03 Å². The summed E-state index contributed by atoms with van der Waals surface area (Å²) < 4.78 is 10.3. The van der Waals surface area contributed by atoms with Gasteiger partial charge in [0, 0.05) is 17.2 Å². The largest absolute Gasteiger partial charge is 0.495 e. The number of carbonyl (C=O) groups excluding carboxylic acids is 1. The number of nitrogens with one attached hydrogen (secondary N) is 2. The summed E-state index contributed by atoms with van der Waals surface area (Å²) >= 11 is 6.00. The van der Waals surface area contributed by atoms with E-state index in [1.807, 2.05) is 20.8 Å². The predicted molar refractivity (Wildman–Crippen MR) is 85.8 cm³/mol. The minimum Gasteiger partial charge on any atom is -0.495 e. The second-order valence-electron chi connectivity index (χ2n) is 5.75. The Morgan fingerprint density at radius 1 is 1.27 bits per heavy atom. The predicted octanol–water partition coefficient (Wildman–Crippen LogP) is 4.28. The molecular weight excluding hydrogens is 306 g/mol. The van der Waals surface area contributed by atoms with E-state index in [-0.39, 0.29) is 5.41 Å². The van der Waals surface area contributed by atoms with Crippen molar-refractivity contribution in [2.75, 3.05) is 17.7 Å². The molecule has 118 valence electrons. The van der Waals surface area contributed by atoms with Crippen LogP contribution in [0, 0.1) is 0 Å². The summed E-state index contributed by atoms with van der Waals surface area (Å²) in [7, 11) is 1.53. The second-order valence-corrected chi connectivity index (χ2v) is 6.16. The van der Waals surface area contributed by atoms with E-state index in [4.69, 9.17) is 20.9 Å². The van der Waals surface area contributed by atoms with E-state index in [9.17, 15) is 4.79 Å². The number of hydrogen-bond donors (Lipinski definition) is 2. The zero-order valence-electron chi connectivity index (χ0n) is 12.9. The van der Waals surface area contributed by atoms with Gasteiger partial charge in [-0.25, -0.2) is 4.79 Å². The van der Waals surface area contributed by atoms with Gasteiger partial charge in [0.05, 0.1) is 12.1 Å². The third kappa shape index (κ3) is 3.92. The van der Waals surface area contributed by atoms with Crippen molar-refractivity contribution in [3.8, 4) is 5.75 Å². The zero-order valence-corrected chi connectivity index (χ0v) is 13.6.